The summed E-state index contributed by atoms with van der Waals surface area (Å²) in [4.78, 5) is 29.4. The van der Waals surface area contributed by atoms with Gasteiger partial charge >= 0.3 is 0 Å². The van der Waals surface area contributed by atoms with Crippen molar-refractivity contribution in [2.45, 2.75) is 33.2 Å². The Morgan fingerprint density at radius 2 is 1.78 bits per heavy atom. The second-order valence-electron chi connectivity index (χ2n) is 10.2. The molecule has 0 saturated carbocycles. The van der Waals surface area contributed by atoms with E-state index in [-0.39, 0.29) is 12.5 Å². The Morgan fingerprint density at radius 3 is 2.59 bits per heavy atom. The number of piperidine rings is 1. The lowest BCUT2D eigenvalue weighted by atomic mass is 9.92. The van der Waals surface area contributed by atoms with Crippen LogP contribution in [0.3, 0.4) is 0 Å². The van der Waals surface area contributed by atoms with Crippen LogP contribution in [0.4, 0.5) is 5.82 Å². The van der Waals surface area contributed by atoms with Crippen LogP contribution >= 0.6 is 0 Å². The number of pyridine rings is 3. The first-order valence-electron chi connectivity index (χ1n) is 12.9. The van der Waals surface area contributed by atoms with Crippen LogP contribution in [0.2, 0.25) is 0 Å². The van der Waals surface area contributed by atoms with Crippen molar-refractivity contribution < 1.29 is 9.90 Å². The summed E-state index contributed by atoms with van der Waals surface area (Å²) in [6.07, 6.45) is 3.57. The van der Waals surface area contributed by atoms with Crippen molar-refractivity contribution in [2.75, 3.05) is 24.6 Å². The molecule has 1 aromatic carbocycles. The third-order valence-electron chi connectivity index (χ3n) is 6.84. The van der Waals surface area contributed by atoms with Gasteiger partial charge in [-0.15, -0.1) is 0 Å². The molecule has 7 heteroatoms. The van der Waals surface area contributed by atoms with Crippen LogP contribution in [0.5, 0.6) is 0 Å². The fraction of sp³-hybridized carbons (Fsp3) is 0.333. The second kappa shape index (κ2) is 11.0. The Bertz CT molecular complexity index is 1400. The van der Waals surface area contributed by atoms with Gasteiger partial charge < -0.3 is 15.3 Å². The van der Waals surface area contributed by atoms with Crippen LogP contribution in [0.15, 0.2) is 66.9 Å². The van der Waals surface area contributed by atoms with Crippen molar-refractivity contribution >= 4 is 22.6 Å². The minimum absolute atomic E-state index is 0.0531. The van der Waals surface area contributed by atoms with Gasteiger partial charge in [0.25, 0.3) is 5.91 Å². The molecule has 1 amide bonds. The van der Waals surface area contributed by atoms with Crippen LogP contribution in [0.25, 0.3) is 22.3 Å². The predicted octanol–water partition coefficient (Wildman–Crippen LogP) is 4.64. The lowest BCUT2D eigenvalue weighted by Crippen LogP contribution is -2.39. The number of aliphatic hydroxyl groups excluding tert-OH is 1. The summed E-state index contributed by atoms with van der Waals surface area (Å²) >= 11 is 0. The van der Waals surface area contributed by atoms with E-state index < -0.39 is 0 Å². The van der Waals surface area contributed by atoms with E-state index in [1.807, 2.05) is 36.4 Å². The number of amides is 1. The van der Waals surface area contributed by atoms with Gasteiger partial charge in [0.2, 0.25) is 0 Å². The molecule has 1 saturated heterocycles. The molecule has 0 spiro atoms. The summed E-state index contributed by atoms with van der Waals surface area (Å²) in [6.45, 7) is 7.01. The normalized spacial score (nSPS) is 17.6. The zero-order valence-electron chi connectivity index (χ0n) is 21.4. The van der Waals surface area contributed by atoms with Crippen molar-refractivity contribution in [3.05, 3.63) is 83.7 Å². The quantitative estimate of drug-likeness (QED) is 0.388. The van der Waals surface area contributed by atoms with E-state index in [9.17, 15) is 4.79 Å². The molecule has 0 aliphatic carbocycles. The number of rotatable bonds is 7. The molecule has 190 valence electrons. The number of fused-ring (bicyclic) bond motifs is 1. The topological polar surface area (TPSA) is 91.2 Å². The van der Waals surface area contributed by atoms with Gasteiger partial charge in [0.15, 0.2) is 0 Å². The summed E-state index contributed by atoms with van der Waals surface area (Å²) in [5.41, 5.74) is 4.70. The molecule has 37 heavy (non-hydrogen) atoms. The summed E-state index contributed by atoms with van der Waals surface area (Å²) in [5, 5.41) is 13.0. The lowest BCUT2D eigenvalue weighted by molar-refractivity contribution is 0.0950. The Labute approximate surface area is 217 Å². The summed E-state index contributed by atoms with van der Waals surface area (Å²) in [7, 11) is 0. The van der Waals surface area contributed by atoms with Crippen LogP contribution in [0, 0.1) is 11.8 Å². The Kier molecular flexibility index (Phi) is 7.42. The minimum Gasteiger partial charge on any atom is -0.396 e. The van der Waals surface area contributed by atoms with Crippen molar-refractivity contribution in [3.63, 3.8) is 0 Å². The molecule has 2 N–H and O–H groups in total. The molecule has 1 aliphatic rings. The Balaban J connectivity index is 1.32. The molecule has 1 aliphatic heterocycles. The molecule has 7 nitrogen and oxygen atoms in total. The van der Waals surface area contributed by atoms with E-state index in [1.54, 1.807) is 18.3 Å². The number of hydrogen-bond donors (Lipinski definition) is 2. The molecule has 0 bridgehead atoms. The molecule has 4 aromatic rings. The van der Waals surface area contributed by atoms with Gasteiger partial charge in [0.05, 0.1) is 29.1 Å². The number of nitrogens with one attached hydrogen (secondary N) is 1. The maximum Gasteiger partial charge on any atom is 0.251 e. The fourth-order valence-corrected chi connectivity index (χ4v) is 5.16. The van der Waals surface area contributed by atoms with E-state index in [2.05, 4.69) is 41.2 Å². The van der Waals surface area contributed by atoms with Crippen LogP contribution in [-0.4, -0.2) is 45.7 Å². The zero-order valence-corrected chi connectivity index (χ0v) is 21.4. The van der Waals surface area contributed by atoms with Gasteiger partial charge in [-0.1, -0.05) is 32.0 Å². The van der Waals surface area contributed by atoms with Gasteiger partial charge in [-0.05, 0) is 72.7 Å². The zero-order chi connectivity index (χ0) is 25.8. The highest BCUT2D eigenvalue weighted by Crippen LogP contribution is 2.27. The van der Waals surface area contributed by atoms with Crippen LogP contribution < -0.4 is 10.2 Å². The fourth-order valence-electron chi connectivity index (χ4n) is 5.16. The maximum absolute atomic E-state index is 12.7. The van der Waals surface area contributed by atoms with Gasteiger partial charge in [-0.25, -0.2) is 9.97 Å². The number of benzene rings is 1. The van der Waals surface area contributed by atoms with Gasteiger partial charge in [0.1, 0.15) is 5.82 Å². The Morgan fingerprint density at radius 1 is 1.00 bits per heavy atom. The third-order valence-corrected chi connectivity index (χ3v) is 6.84. The minimum atomic E-state index is -0.175. The number of nitrogens with zero attached hydrogens (tertiary/aromatic N) is 4. The molecule has 3 aromatic heterocycles. The number of anilines is 1. The first kappa shape index (κ1) is 24.8. The van der Waals surface area contributed by atoms with Gasteiger partial charge in [-0.2, -0.15) is 0 Å². The average molecular weight is 496 g/mol. The first-order chi connectivity index (χ1) is 18.0. The Hall–Kier alpha value is -3.84. The number of carbonyl (C=O) groups is 1. The second-order valence-corrected chi connectivity index (χ2v) is 10.2. The number of aliphatic hydroxyl groups is 1. The molecule has 0 unspecified atom stereocenters. The lowest BCUT2D eigenvalue weighted by Gasteiger charge is -2.35. The molecule has 4 heterocycles. The SMILES string of the molecule is C[C@@H]1C[C@H](C)CN(c2cccc(-c3ccc4cnc(CNC(=O)c5cccc(CCO)c5)cc4n3)n2)C1. The van der Waals surface area contributed by atoms with Crippen LogP contribution in [-0.2, 0) is 13.0 Å². The number of carbonyl (C=O) groups excluding carboxylic acids is 1. The maximum atomic E-state index is 12.7. The van der Waals surface area contributed by atoms with Crippen molar-refractivity contribution in [1.82, 2.24) is 20.3 Å². The molecular weight excluding hydrogens is 462 g/mol. The molecule has 1 fully saturated rings. The number of aromatic nitrogens is 3. The largest absolute Gasteiger partial charge is 0.396 e. The van der Waals surface area contributed by atoms with Crippen molar-refractivity contribution in [2.24, 2.45) is 11.8 Å². The van der Waals surface area contributed by atoms with E-state index in [0.717, 1.165) is 52.5 Å². The monoisotopic (exact) mass is 495 g/mol. The van der Waals surface area contributed by atoms with Crippen molar-refractivity contribution in [3.8, 4) is 11.4 Å². The van der Waals surface area contributed by atoms with Crippen LogP contribution in [0.1, 0.15) is 41.9 Å². The predicted molar refractivity (Wildman–Crippen MR) is 146 cm³/mol. The molecule has 2 atom stereocenters. The summed E-state index contributed by atoms with van der Waals surface area (Å²) in [5.74, 6) is 2.14. The van der Waals surface area contributed by atoms with E-state index in [4.69, 9.17) is 15.1 Å². The third kappa shape index (κ3) is 5.94. The average Bonchev–Trinajstić information content (AvgIpc) is 2.91. The van der Waals surface area contributed by atoms with Crippen molar-refractivity contribution in [1.29, 1.82) is 0 Å². The molecule has 5 rings (SSSR count). The highest BCUT2D eigenvalue weighted by Gasteiger charge is 2.23. The highest BCUT2D eigenvalue weighted by atomic mass is 16.3. The van der Waals surface area contributed by atoms with E-state index in [0.29, 0.717) is 30.4 Å². The van der Waals surface area contributed by atoms with E-state index >= 15 is 0 Å². The van der Waals surface area contributed by atoms with E-state index in [1.165, 1.54) is 6.42 Å². The molecule has 0 radical (unpaired) electrons. The highest BCUT2D eigenvalue weighted by molar-refractivity contribution is 5.94. The summed E-state index contributed by atoms with van der Waals surface area (Å²) in [6, 6.07) is 19.4. The smallest absolute Gasteiger partial charge is 0.251 e. The molecular formula is C30H33N5O2. The first-order valence-corrected chi connectivity index (χ1v) is 12.9. The van der Waals surface area contributed by atoms with Gasteiger partial charge in [-0.3, -0.25) is 9.78 Å². The number of hydrogen-bond acceptors (Lipinski definition) is 6. The van der Waals surface area contributed by atoms with Gasteiger partial charge in [0, 0.05) is 36.8 Å². The standard InChI is InChI=1S/C30H33N5O2/c1-20-13-21(2)19-35(18-20)29-8-4-7-26(34-29)27-10-9-24-16-31-25(15-28(24)33-27)17-32-30(37)23-6-3-5-22(14-23)11-12-36/h3-10,14-16,20-21,36H,11-13,17-19H2,1-2H3,(H,32,37)/t20-,21+. The summed E-state index contributed by atoms with van der Waals surface area (Å²) < 4.78 is 0.